The average Bonchev–Trinajstić information content (AvgIpc) is 3.08. The maximum atomic E-state index is 12.6. The van der Waals surface area contributed by atoms with E-state index in [2.05, 4.69) is 4.90 Å². The van der Waals surface area contributed by atoms with Crippen LogP contribution in [0.2, 0.25) is 0 Å². The fourth-order valence-corrected chi connectivity index (χ4v) is 3.91. The van der Waals surface area contributed by atoms with E-state index in [0.29, 0.717) is 25.5 Å². The average molecular weight is 343 g/mol. The van der Waals surface area contributed by atoms with Crippen molar-refractivity contribution in [2.24, 2.45) is 5.92 Å². The number of benzene rings is 1. The van der Waals surface area contributed by atoms with Crippen LogP contribution in [0.5, 0.6) is 5.75 Å². The van der Waals surface area contributed by atoms with Gasteiger partial charge in [-0.2, -0.15) is 13.2 Å². The Labute approximate surface area is 138 Å². The van der Waals surface area contributed by atoms with Gasteiger partial charge in [-0.3, -0.25) is 9.69 Å². The molecule has 0 radical (unpaired) electrons. The summed E-state index contributed by atoms with van der Waals surface area (Å²) in [6.45, 7) is 1.03. The summed E-state index contributed by atoms with van der Waals surface area (Å²) in [6.07, 6.45) is -1.07. The molecule has 2 aliphatic rings. The van der Waals surface area contributed by atoms with Gasteiger partial charge in [0.1, 0.15) is 5.75 Å². The van der Waals surface area contributed by atoms with Crippen LogP contribution in [0.3, 0.4) is 0 Å². The molecule has 2 heterocycles. The van der Waals surface area contributed by atoms with E-state index in [9.17, 15) is 23.1 Å². The van der Waals surface area contributed by atoms with Crippen molar-refractivity contribution in [1.29, 1.82) is 0 Å². The number of rotatable bonds is 6. The summed E-state index contributed by atoms with van der Waals surface area (Å²) >= 11 is 0. The number of carboxylic acid groups (broad SMARTS) is 1. The molecule has 0 saturated carbocycles. The lowest BCUT2D eigenvalue weighted by molar-refractivity contribution is -0.142. The largest absolute Gasteiger partial charge is 0.494 e. The lowest BCUT2D eigenvalue weighted by atomic mass is 9.89. The number of nitrogens with zero attached hydrogens (tertiary/aromatic N) is 1. The standard InChI is InChI=1S/C17H20F3NO3/c18-17(19,20)11-3-1-4-13(9-11)24-8-2-7-21-12-5-6-15(21)14(10-12)16(22)23/h1,3-4,9,12,14-15H,2,5-8,10H2,(H,22,23). The Kier molecular flexibility index (Phi) is 4.71. The molecule has 24 heavy (non-hydrogen) atoms. The molecule has 1 aromatic carbocycles. The first-order chi connectivity index (χ1) is 11.4. The van der Waals surface area contributed by atoms with Gasteiger partial charge in [0.25, 0.3) is 0 Å². The predicted octanol–water partition coefficient (Wildman–Crippen LogP) is 3.41. The smallest absolute Gasteiger partial charge is 0.416 e. The van der Waals surface area contributed by atoms with Crippen molar-refractivity contribution in [2.75, 3.05) is 13.2 Å². The van der Waals surface area contributed by atoms with Crippen molar-refractivity contribution in [2.45, 2.75) is 43.9 Å². The summed E-state index contributed by atoms with van der Waals surface area (Å²) in [5.41, 5.74) is -0.720. The Balaban J connectivity index is 1.47. The minimum atomic E-state index is -4.38. The van der Waals surface area contributed by atoms with Crippen LogP contribution in [0.1, 0.15) is 31.2 Å². The summed E-state index contributed by atoms with van der Waals surface area (Å²) < 4.78 is 43.4. The van der Waals surface area contributed by atoms with Crippen molar-refractivity contribution >= 4 is 5.97 Å². The number of carbonyl (C=O) groups is 1. The second-order valence-electron chi connectivity index (χ2n) is 6.44. The summed E-state index contributed by atoms with van der Waals surface area (Å²) in [6, 6.07) is 5.28. The van der Waals surface area contributed by atoms with E-state index in [1.165, 1.54) is 12.1 Å². The molecule has 0 aliphatic carbocycles. The van der Waals surface area contributed by atoms with Crippen LogP contribution < -0.4 is 4.74 Å². The van der Waals surface area contributed by atoms with E-state index in [1.54, 1.807) is 0 Å². The van der Waals surface area contributed by atoms with Crippen molar-refractivity contribution in [3.63, 3.8) is 0 Å². The second kappa shape index (κ2) is 6.63. The normalized spacial score (nSPS) is 26.7. The van der Waals surface area contributed by atoms with Gasteiger partial charge in [-0.05, 0) is 43.9 Å². The van der Waals surface area contributed by atoms with Crippen molar-refractivity contribution in [1.82, 2.24) is 4.90 Å². The molecule has 3 unspecified atom stereocenters. The molecule has 132 valence electrons. The third kappa shape index (κ3) is 3.50. The number of fused-ring (bicyclic) bond motifs is 2. The van der Waals surface area contributed by atoms with Crippen LogP contribution in [0.15, 0.2) is 24.3 Å². The van der Waals surface area contributed by atoms with E-state index in [1.807, 2.05) is 0 Å². The molecule has 0 amide bonds. The highest BCUT2D eigenvalue weighted by Gasteiger charge is 2.48. The minimum Gasteiger partial charge on any atom is -0.494 e. The monoisotopic (exact) mass is 343 g/mol. The van der Waals surface area contributed by atoms with Crippen LogP contribution in [0.4, 0.5) is 13.2 Å². The van der Waals surface area contributed by atoms with Crippen LogP contribution in [0, 0.1) is 5.92 Å². The molecule has 3 atom stereocenters. The SMILES string of the molecule is O=C(O)C1CC2CCC1N2CCCOc1cccc(C(F)(F)F)c1. The van der Waals surface area contributed by atoms with E-state index in [-0.39, 0.29) is 17.7 Å². The molecule has 0 aromatic heterocycles. The molecule has 0 spiro atoms. The highest BCUT2D eigenvalue weighted by atomic mass is 19.4. The number of hydrogen-bond donors (Lipinski definition) is 1. The van der Waals surface area contributed by atoms with Crippen molar-refractivity contribution < 1.29 is 27.8 Å². The van der Waals surface area contributed by atoms with Crippen LogP contribution in [0.25, 0.3) is 0 Å². The van der Waals surface area contributed by atoms with Gasteiger partial charge in [0, 0.05) is 18.6 Å². The van der Waals surface area contributed by atoms with Gasteiger partial charge in [-0.15, -0.1) is 0 Å². The van der Waals surface area contributed by atoms with Gasteiger partial charge in [-0.25, -0.2) is 0 Å². The Morgan fingerprint density at radius 2 is 2.12 bits per heavy atom. The highest BCUT2D eigenvalue weighted by Crippen LogP contribution is 2.41. The number of carboxylic acids is 1. The van der Waals surface area contributed by atoms with Crippen LogP contribution in [-0.2, 0) is 11.0 Å². The number of halogens is 3. The molecule has 1 aromatic rings. The van der Waals surface area contributed by atoms with E-state index in [4.69, 9.17) is 4.74 Å². The quantitative estimate of drug-likeness (QED) is 0.804. The molecule has 3 rings (SSSR count). The third-order valence-corrected chi connectivity index (χ3v) is 4.99. The van der Waals surface area contributed by atoms with Gasteiger partial charge in [0.05, 0.1) is 18.1 Å². The molecule has 7 heteroatoms. The molecule has 2 aliphatic heterocycles. The van der Waals surface area contributed by atoms with E-state index >= 15 is 0 Å². The summed E-state index contributed by atoms with van der Waals surface area (Å²) in [7, 11) is 0. The van der Waals surface area contributed by atoms with Gasteiger partial charge in [-0.1, -0.05) is 6.07 Å². The fourth-order valence-electron chi connectivity index (χ4n) is 3.91. The van der Waals surface area contributed by atoms with Gasteiger partial charge >= 0.3 is 12.1 Å². The molecule has 2 saturated heterocycles. The maximum absolute atomic E-state index is 12.6. The zero-order valence-electron chi connectivity index (χ0n) is 13.1. The number of aliphatic carboxylic acids is 1. The van der Waals surface area contributed by atoms with E-state index in [0.717, 1.165) is 31.5 Å². The topological polar surface area (TPSA) is 49.8 Å². The zero-order chi connectivity index (χ0) is 17.3. The second-order valence-corrected chi connectivity index (χ2v) is 6.44. The first-order valence-corrected chi connectivity index (χ1v) is 8.15. The van der Waals surface area contributed by atoms with Crippen LogP contribution >= 0.6 is 0 Å². The van der Waals surface area contributed by atoms with Crippen molar-refractivity contribution in [3.05, 3.63) is 29.8 Å². The maximum Gasteiger partial charge on any atom is 0.416 e. The Morgan fingerprint density at radius 1 is 1.33 bits per heavy atom. The lowest BCUT2D eigenvalue weighted by Gasteiger charge is -2.22. The van der Waals surface area contributed by atoms with Crippen LogP contribution in [-0.4, -0.2) is 41.2 Å². The first-order valence-electron chi connectivity index (χ1n) is 8.15. The molecular weight excluding hydrogens is 323 g/mol. The predicted molar refractivity (Wildman–Crippen MR) is 80.8 cm³/mol. The molecule has 1 N–H and O–H groups in total. The zero-order valence-corrected chi connectivity index (χ0v) is 13.1. The lowest BCUT2D eigenvalue weighted by Crippen LogP contribution is -2.34. The number of hydrogen-bond acceptors (Lipinski definition) is 3. The number of ether oxygens (including phenoxy) is 1. The summed E-state index contributed by atoms with van der Waals surface area (Å²) in [5.74, 6) is -0.807. The minimum absolute atomic E-state index is 0.0982. The molecule has 2 fully saturated rings. The fraction of sp³-hybridized carbons (Fsp3) is 0.588. The van der Waals surface area contributed by atoms with Gasteiger partial charge in [0.2, 0.25) is 0 Å². The summed E-state index contributed by atoms with van der Waals surface area (Å²) in [4.78, 5) is 13.5. The summed E-state index contributed by atoms with van der Waals surface area (Å²) in [5, 5.41) is 9.22. The third-order valence-electron chi connectivity index (χ3n) is 4.99. The molecule has 4 nitrogen and oxygen atoms in total. The molecular formula is C17H20F3NO3. The first kappa shape index (κ1) is 17.1. The Hall–Kier alpha value is -1.76. The number of alkyl halides is 3. The van der Waals surface area contributed by atoms with Crippen molar-refractivity contribution in [3.8, 4) is 5.75 Å². The Bertz CT molecular complexity index is 605. The van der Waals surface area contributed by atoms with Gasteiger partial charge in [0.15, 0.2) is 0 Å². The molecule has 2 bridgehead atoms. The highest BCUT2D eigenvalue weighted by molar-refractivity contribution is 5.71. The van der Waals surface area contributed by atoms with E-state index < -0.39 is 17.7 Å². The Morgan fingerprint density at radius 3 is 2.79 bits per heavy atom. The van der Waals surface area contributed by atoms with Gasteiger partial charge < -0.3 is 9.84 Å².